The lowest BCUT2D eigenvalue weighted by atomic mass is 9.95. The summed E-state index contributed by atoms with van der Waals surface area (Å²) >= 11 is 0. The van der Waals surface area contributed by atoms with Crippen LogP contribution in [0.3, 0.4) is 0 Å². The average Bonchev–Trinajstić information content (AvgIpc) is 3.07. The summed E-state index contributed by atoms with van der Waals surface area (Å²) in [5.74, 6) is 1.15. The molecule has 1 unspecified atom stereocenters. The van der Waals surface area contributed by atoms with Crippen LogP contribution in [-0.2, 0) is 13.5 Å². The number of hydrogen-bond acceptors (Lipinski definition) is 5. The SMILES string of the molecule is CC1CN(C(=O)NC2CCCCc3cc(-c4ccnc(Nc5cnn(C)c5)n4)ccc32)C1. The van der Waals surface area contributed by atoms with Gasteiger partial charge in [0.2, 0.25) is 5.95 Å². The number of aryl methyl sites for hydroxylation is 2. The maximum absolute atomic E-state index is 12.6. The molecule has 2 N–H and O–H groups in total. The minimum Gasteiger partial charge on any atom is -0.331 e. The Balaban J connectivity index is 1.36. The normalized spacial score (nSPS) is 18.4. The fourth-order valence-corrected chi connectivity index (χ4v) is 4.59. The van der Waals surface area contributed by atoms with Crippen molar-refractivity contribution in [3.63, 3.8) is 0 Å². The molecule has 1 atom stereocenters. The van der Waals surface area contributed by atoms with Crippen molar-refractivity contribution in [2.45, 2.75) is 38.6 Å². The second kappa shape index (κ2) is 8.61. The fraction of sp³-hybridized carbons (Fsp3) is 0.417. The van der Waals surface area contributed by atoms with Gasteiger partial charge in [-0.1, -0.05) is 25.5 Å². The molecule has 5 rings (SSSR count). The molecular weight excluding hydrogens is 402 g/mol. The van der Waals surface area contributed by atoms with Gasteiger partial charge in [0.25, 0.3) is 0 Å². The third-order valence-electron chi connectivity index (χ3n) is 6.27. The summed E-state index contributed by atoms with van der Waals surface area (Å²) in [4.78, 5) is 23.6. The molecule has 0 bridgehead atoms. The van der Waals surface area contributed by atoms with Gasteiger partial charge in [0.1, 0.15) is 0 Å². The molecule has 1 aliphatic carbocycles. The molecule has 2 amide bonds. The highest BCUT2D eigenvalue weighted by atomic mass is 16.2. The Hall–Kier alpha value is -3.42. The number of nitrogens with zero attached hydrogens (tertiary/aromatic N) is 5. The number of urea groups is 1. The van der Waals surface area contributed by atoms with E-state index < -0.39 is 0 Å². The average molecular weight is 432 g/mol. The van der Waals surface area contributed by atoms with Crippen LogP contribution in [0, 0.1) is 5.92 Å². The summed E-state index contributed by atoms with van der Waals surface area (Å²) in [5, 5.41) is 10.6. The molecule has 2 aliphatic rings. The van der Waals surface area contributed by atoms with Crippen LogP contribution in [0.5, 0.6) is 0 Å². The first kappa shape index (κ1) is 20.5. The minimum atomic E-state index is 0.0620. The number of fused-ring (bicyclic) bond motifs is 1. The van der Waals surface area contributed by atoms with E-state index >= 15 is 0 Å². The van der Waals surface area contributed by atoms with Gasteiger partial charge >= 0.3 is 6.03 Å². The van der Waals surface area contributed by atoms with Crippen molar-refractivity contribution >= 4 is 17.7 Å². The van der Waals surface area contributed by atoms with Crippen molar-refractivity contribution in [2.24, 2.45) is 13.0 Å². The van der Waals surface area contributed by atoms with Crippen molar-refractivity contribution in [2.75, 3.05) is 18.4 Å². The van der Waals surface area contributed by atoms with E-state index in [0.29, 0.717) is 11.9 Å². The second-order valence-electron chi connectivity index (χ2n) is 8.96. The van der Waals surface area contributed by atoms with Gasteiger partial charge in [-0.15, -0.1) is 0 Å². The van der Waals surface area contributed by atoms with Crippen molar-refractivity contribution in [3.05, 3.63) is 54.0 Å². The molecule has 0 saturated carbocycles. The van der Waals surface area contributed by atoms with Crippen LogP contribution in [-0.4, -0.2) is 43.8 Å². The molecule has 0 spiro atoms. The third kappa shape index (κ3) is 4.30. The Morgan fingerprint density at radius 1 is 1.19 bits per heavy atom. The molecule has 1 aliphatic heterocycles. The first-order chi connectivity index (χ1) is 15.5. The molecule has 0 radical (unpaired) electrons. The number of likely N-dealkylation sites (tertiary alicyclic amines) is 1. The van der Waals surface area contributed by atoms with Gasteiger partial charge in [-0.3, -0.25) is 4.68 Å². The molecule has 1 fully saturated rings. The Morgan fingerprint density at radius 2 is 2.06 bits per heavy atom. The van der Waals surface area contributed by atoms with E-state index in [2.05, 4.69) is 45.8 Å². The van der Waals surface area contributed by atoms with Crippen LogP contribution in [0.2, 0.25) is 0 Å². The van der Waals surface area contributed by atoms with Crippen molar-refractivity contribution in [1.29, 1.82) is 0 Å². The molecule has 3 heterocycles. The topological polar surface area (TPSA) is 88.0 Å². The number of aromatic nitrogens is 4. The summed E-state index contributed by atoms with van der Waals surface area (Å²) < 4.78 is 1.73. The van der Waals surface area contributed by atoms with E-state index in [0.717, 1.165) is 55.7 Å². The molecular formula is C24H29N7O. The van der Waals surface area contributed by atoms with Gasteiger partial charge in [0, 0.05) is 38.1 Å². The molecule has 2 aromatic heterocycles. The number of hydrogen-bond donors (Lipinski definition) is 2. The van der Waals surface area contributed by atoms with E-state index in [1.165, 1.54) is 11.1 Å². The third-order valence-corrected chi connectivity index (χ3v) is 6.27. The summed E-state index contributed by atoms with van der Waals surface area (Å²) in [5.41, 5.74) is 5.30. The number of carbonyl (C=O) groups is 1. The highest BCUT2D eigenvalue weighted by Gasteiger charge is 2.29. The van der Waals surface area contributed by atoms with E-state index in [1.54, 1.807) is 17.1 Å². The predicted molar refractivity (Wildman–Crippen MR) is 124 cm³/mol. The van der Waals surface area contributed by atoms with Crippen molar-refractivity contribution < 1.29 is 4.79 Å². The summed E-state index contributed by atoms with van der Waals surface area (Å²) in [6.45, 7) is 3.89. The molecule has 1 saturated heterocycles. The number of carbonyl (C=O) groups excluding carboxylic acids is 1. The number of benzene rings is 1. The first-order valence-corrected chi connectivity index (χ1v) is 11.3. The number of rotatable bonds is 4. The summed E-state index contributed by atoms with van der Waals surface area (Å²) in [6.07, 6.45) is 9.63. The first-order valence-electron chi connectivity index (χ1n) is 11.3. The lowest BCUT2D eigenvalue weighted by Gasteiger charge is -2.38. The fourth-order valence-electron chi connectivity index (χ4n) is 4.59. The van der Waals surface area contributed by atoms with Crippen molar-refractivity contribution in [1.82, 2.24) is 30.0 Å². The molecule has 8 heteroatoms. The second-order valence-corrected chi connectivity index (χ2v) is 8.96. The molecule has 1 aromatic carbocycles. The lowest BCUT2D eigenvalue weighted by molar-refractivity contribution is 0.126. The highest BCUT2D eigenvalue weighted by Crippen LogP contribution is 2.32. The monoisotopic (exact) mass is 431 g/mol. The lowest BCUT2D eigenvalue weighted by Crippen LogP contribution is -2.53. The zero-order valence-electron chi connectivity index (χ0n) is 18.6. The number of nitrogens with one attached hydrogen (secondary N) is 2. The van der Waals surface area contributed by atoms with Gasteiger partial charge in [-0.25, -0.2) is 14.8 Å². The number of anilines is 2. The zero-order chi connectivity index (χ0) is 22.1. The quantitative estimate of drug-likeness (QED) is 0.609. The van der Waals surface area contributed by atoms with E-state index in [4.69, 9.17) is 4.98 Å². The number of amides is 2. The highest BCUT2D eigenvalue weighted by molar-refractivity contribution is 5.76. The van der Waals surface area contributed by atoms with Gasteiger partial charge in [-0.2, -0.15) is 5.10 Å². The molecule has 32 heavy (non-hydrogen) atoms. The summed E-state index contributed by atoms with van der Waals surface area (Å²) in [6, 6.07) is 8.55. The standard InChI is InChI=1S/C24H29N7O/c1-16-13-31(14-16)24(32)29-22-6-4-3-5-17-11-18(7-8-20(17)22)21-9-10-25-23(28-21)27-19-12-26-30(2)15-19/h7-12,15-16,22H,3-6,13-14H2,1-2H3,(H,29,32)(H,25,27,28). The van der Waals surface area contributed by atoms with Crippen LogP contribution < -0.4 is 10.6 Å². The van der Waals surface area contributed by atoms with Crippen LogP contribution in [0.1, 0.15) is 43.4 Å². The van der Waals surface area contributed by atoms with Gasteiger partial charge in [-0.05, 0) is 48.4 Å². The smallest absolute Gasteiger partial charge is 0.317 e. The van der Waals surface area contributed by atoms with Crippen LogP contribution in [0.25, 0.3) is 11.3 Å². The van der Waals surface area contributed by atoms with E-state index in [-0.39, 0.29) is 12.1 Å². The molecule has 166 valence electrons. The minimum absolute atomic E-state index is 0.0620. The Labute approximate surface area is 188 Å². The summed E-state index contributed by atoms with van der Waals surface area (Å²) in [7, 11) is 1.87. The Morgan fingerprint density at radius 3 is 2.84 bits per heavy atom. The maximum Gasteiger partial charge on any atom is 0.317 e. The van der Waals surface area contributed by atoms with Crippen LogP contribution in [0.4, 0.5) is 16.4 Å². The van der Waals surface area contributed by atoms with Gasteiger partial charge < -0.3 is 15.5 Å². The maximum atomic E-state index is 12.6. The van der Waals surface area contributed by atoms with Gasteiger partial charge in [0.15, 0.2) is 0 Å². The van der Waals surface area contributed by atoms with E-state index in [9.17, 15) is 4.79 Å². The largest absolute Gasteiger partial charge is 0.331 e. The Bertz CT molecular complexity index is 1120. The molecule has 8 nitrogen and oxygen atoms in total. The van der Waals surface area contributed by atoms with Crippen LogP contribution >= 0.6 is 0 Å². The Kier molecular flexibility index (Phi) is 5.51. The zero-order valence-corrected chi connectivity index (χ0v) is 18.6. The van der Waals surface area contributed by atoms with Gasteiger partial charge in [0.05, 0.1) is 23.6 Å². The predicted octanol–water partition coefficient (Wildman–Crippen LogP) is 4.05. The van der Waals surface area contributed by atoms with E-state index in [1.807, 2.05) is 24.2 Å². The molecule has 3 aromatic rings. The van der Waals surface area contributed by atoms with Crippen molar-refractivity contribution in [3.8, 4) is 11.3 Å². The van der Waals surface area contributed by atoms with Crippen LogP contribution in [0.15, 0.2) is 42.9 Å².